The van der Waals surface area contributed by atoms with Gasteiger partial charge in [0.25, 0.3) is 0 Å². The Morgan fingerprint density at radius 3 is 2.95 bits per heavy atom. The van der Waals surface area contributed by atoms with Gasteiger partial charge in [-0.3, -0.25) is 9.40 Å². The van der Waals surface area contributed by atoms with Gasteiger partial charge in [0.1, 0.15) is 0 Å². The van der Waals surface area contributed by atoms with E-state index in [1.807, 2.05) is 0 Å². The summed E-state index contributed by atoms with van der Waals surface area (Å²) in [5.74, 6) is 0. The third kappa shape index (κ3) is 3.94. The molecule has 0 aliphatic carbocycles. The normalized spacial score (nSPS) is 20.7. The minimum absolute atomic E-state index is 0.184. The van der Waals surface area contributed by atoms with Gasteiger partial charge < -0.3 is 4.74 Å². The lowest BCUT2D eigenvalue weighted by atomic mass is 10.1. The Morgan fingerprint density at radius 2 is 2.32 bits per heavy atom. The van der Waals surface area contributed by atoms with E-state index in [0.717, 1.165) is 19.4 Å². The highest BCUT2D eigenvalue weighted by Crippen LogP contribution is 2.16. The zero-order valence-corrected chi connectivity index (χ0v) is 12.2. The highest BCUT2D eigenvalue weighted by Gasteiger charge is 2.18. The molecule has 1 unspecified atom stereocenters. The second-order valence-corrected chi connectivity index (χ2v) is 7.37. The van der Waals surface area contributed by atoms with Crippen LogP contribution in [0, 0.1) is 0 Å². The zero-order valence-electron chi connectivity index (χ0n) is 11.4. The molecule has 1 atom stereocenters. The average molecular weight is 287 g/mol. The van der Waals surface area contributed by atoms with Crippen LogP contribution in [-0.4, -0.2) is 36.2 Å². The van der Waals surface area contributed by atoms with E-state index in [4.69, 9.17) is 4.74 Å². The van der Waals surface area contributed by atoms with Gasteiger partial charge in [-0.15, -0.1) is 0 Å². The Hall–Kier alpha value is -1.08. The largest absolute Gasteiger partial charge is 0.376 e. The first-order valence-electron chi connectivity index (χ1n) is 6.63. The van der Waals surface area contributed by atoms with Crippen LogP contribution in [-0.2, 0) is 21.3 Å². The van der Waals surface area contributed by atoms with E-state index in [0.29, 0.717) is 12.2 Å². The van der Waals surface area contributed by atoms with Crippen molar-refractivity contribution in [1.29, 1.82) is 0 Å². The lowest BCUT2D eigenvalue weighted by Crippen LogP contribution is -2.24. The van der Waals surface area contributed by atoms with Gasteiger partial charge >= 0.3 is 0 Å². The van der Waals surface area contributed by atoms with E-state index < -0.39 is 15.3 Å². The molecule has 0 saturated carbocycles. The summed E-state index contributed by atoms with van der Waals surface area (Å²) in [5, 5.41) is 3.70. The van der Waals surface area contributed by atoms with Crippen molar-refractivity contribution in [3.8, 4) is 0 Å². The maximum atomic E-state index is 11.7. The van der Waals surface area contributed by atoms with E-state index in [1.165, 1.54) is 12.6 Å². The number of anilines is 1. The Labute approximate surface area is 114 Å². The number of nitrogens with zero attached hydrogens (tertiary/aromatic N) is 2. The number of ether oxygens (including phenoxy) is 1. The fourth-order valence-electron chi connectivity index (χ4n) is 1.96. The molecule has 7 heteroatoms. The van der Waals surface area contributed by atoms with Gasteiger partial charge in [0, 0.05) is 12.8 Å². The zero-order chi connectivity index (χ0) is 13.9. The highest BCUT2D eigenvalue weighted by molar-refractivity contribution is 7.93. The fraction of sp³-hybridized carbons (Fsp3) is 0.750. The van der Waals surface area contributed by atoms with Crippen LogP contribution < -0.4 is 4.72 Å². The van der Waals surface area contributed by atoms with Gasteiger partial charge in [0.15, 0.2) is 0 Å². The first-order valence-corrected chi connectivity index (χ1v) is 8.18. The minimum Gasteiger partial charge on any atom is -0.376 e. The topological polar surface area (TPSA) is 73.2 Å². The molecule has 0 aromatic carbocycles. The number of hydrogen-bond acceptors (Lipinski definition) is 4. The fourth-order valence-corrected chi connectivity index (χ4v) is 2.63. The molecule has 0 spiro atoms. The maximum absolute atomic E-state index is 11.7. The lowest BCUT2D eigenvalue weighted by molar-refractivity contribution is 0.00401. The Morgan fingerprint density at radius 1 is 1.53 bits per heavy atom. The van der Waals surface area contributed by atoms with Crippen LogP contribution in [0.1, 0.15) is 33.1 Å². The summed E-state index contributed by atoms with van der Waals surface area (Å²) in [6, 6.07) is 0. The molecule has 0 radical (unpaired) electrons. The van der Waals surface area contributed by atoms with Crippen molar-refractivity contribution in [2.75, 3.05) is 11.3 Å². The van der Waals surface area contributed by atoms with Gasteiger partial charge in [-0.1, -0.05) is 0 Å². The van der Waals surface area contributed by atoms with Crippen molar-refractivity contribution in [1.82, 2.24) is 9.78 Å². The molecule has 1 fully saturated rings. The first-order chi connectivity index (χ1) is 8.97. The maximum Gasteiger partial charge on any atom is 0.235 e. The second kappa shape index (κ2) is 5.92. The molecule has 1 aliphatic rings. The summed E-state index contributed by atoms with van der Waals surface area (Å²) >= 11 is 0. The van der Waals surface area contributed by atoms with Gasteiger partial charge in [0.2, 0.25) is 10.0 Å². The molecule has 0 bridgehead atoms. The number of hydrogen-bond donors (Lipinski definition) is 1. The number of rotatable bonds is 5. The minimum atomic E-state index is -3.31. The summed E-state index contributed by atoms with van der Waals surface area (Å²) in [5.41, 5.74) is 0.504. The number of nitrogens with one attached hydrogen (secondary N) is 1. The molecule has 1 N–H and O–H groups in total. The molecule has 2 rings (SSSR count). The van der Waals surface area contributed by atoms with Crippen LogP contribution in [0.2, 0.25) is 0 Å². The third-order valence-electron chi connectivity index (χ3n) is 3.18. The molecule has 19 heavy (non-hydrogen) atoms. The van der Waals surface area contributed by atoms with E-state index >= 15 is 0 Å². The smallest absolute Gasteiger partial charge is 0.235 e. The average Bonchev–Trinajstić information content (AvgIpc) is 2.77. The summed E-state index contributed by atoms with van der Waals surface area (Å²) in [7, 11) is -3.31. The first kappa shape index (κ1) is 14.3. The molecule has 6 nitrogen and oxygen atoms in total. The number of sulfonamides is 1. The molecule has 1 aliphatic heterocycles. The van der Waals surface area contributed by atoms with Crippen LogP contribution in [0.3, 0.4) is 0 Å². The van der Waals surface area contributed by atoms with Crippen molar-refractivity contribution in [2.45, 2.75) is 51.0 Å². The standard InChI is InChI=1S/C12H21N3O3S/c1-10(2)19(16,17)14-11-7-13-15(8-11)9-12-5-3-4-6-18-12/h7-8,10,12,14H,3-6,9H2,1-2H3. The van der Waals surface area contributed by atoms with Crippen LogP contribution in [0.15, 0.2) is 12.4 Å². The molecule has 108 valence electrons. The van der Waals surface area contributed by atoms with Gasteiger partial charge in [-0.2, -0.15) is 5.10 Å². The summed E-state index contributed by atoms with van der Waals surface area (Å²) in [6.07, 6.45) is 6.75. The summed E-state index contributed by atoms with van der Waals surface area (Å²) in [6.45, 7) is 4.76. The van der Waals surface area contributed by atoms with Crippen LogP contribution in [0.4, 0.5) is 5.69 Å². The molecule has 1 aromatic rings. The SMILES string of the molecule is CC(C)S(=O)(=O)Nc1cnn(CC2CCCCO2)c1. The summed E-state index contributed by atoms with van der Waals surface area (Å²) in [4.78, 5) is 0. The molecular formula is C12H21N3O3S. The van der Waals surface area contributed by atoms with Gasteiger partial charge in [0.05, 0.1) is 29.8 Å². The second-order valence-electron chi connectivity index (χ2n) is 5.14. The van der Waals surface area contributed by atoms with E-state index in [-0.39, 0.29) is 6.10 Å². The van der Waals surface area contributed by atoms with Crippen molar-refractivity contribution in [3.05, 3.63) is 12.4 Å². The number of aromatic nitrogens is 2. The Bertz CT molecular complexity index is 504. The van der Waals surface area contributed by atoms with Crippen LogP contribution in [0.25, 0.3) is 0 Å². The predicted molar refractivity (Wildman–Crippen MR) is 73.5 cm³/mol. The van der Waals surface area contributed by atoms with E-state index in [9.17, 15) is 8.42 Å². The van der Waals surface area contributed by atoms with Crippen LogP contribution in [0.5, 0.6) is 0 Å². The monoisotopic (exact) mass is 287 g/mol. The van der Waals surface area contributed by atoms with Crippen molar-refractivity contribution in [2.24, 2.45) is 0 Å². The van der Waals surface area contributed by atoms with Crippen LogP contribution >= 0.6 is 0 Å². The summed E-state index contributed by atoms with van der Waals surface area (Å²) < 4.78 is 33.3. The molecular weight excluding hydrogens is 266 g/mol. The van der Waals surface area contributed by atoms with Gasteiger partial charge in [-0.25, -0.2) is 8.42 Å². The highest BCUT2D eigenvalue weighted by atomic mass is 32.2. The van der Waals surface area contributed by atoms with Crippen molar-refractivity contribution >= 4 is 15.7 Å². The van der Waals surface area contributed by atoms with E-state index in [1.54, 1.807) is 24.7 Å². The third-order valence-corrected chi connectivity index (χ3v) is 4.94. The molecule has 1 aromatic heterocycles. The lowest BCUT2D eigenvalue weighted by Gasteiger charge is -2.22. The van der Waals surface area contributed by atoms with E-state index in [2.05, 4.69) is 9.82 Å². The van der Waals surface area contributed by atoms with Crippen molar-refractivity contribution in [3.63, 3.8) is 0 Å². The predicted octanol–water partition coefficient (Wildman–Crippen LogP) is 1.60. The molecule has 2 heterocycles. The Balaban J connectivity index is 1.95. The molecule has 0 amide bonds. The molecule has 1 saturated heterocycles. The van der Waals surface area contributed by atoms with Crippen molar-refractivity contribution < 1.29 is 13.2 Å². The van der Waals surface area contributed by atoms with Gasteiger partial charge in [-0.05, 0) is 33.1 Å². The quantitative estimate of drug-likeness (QED) is 0.892. The Kier molecular flexibility index (Phi) is 4.46.